The Bertz CT molecular complexity index is 209. The van der Waals surface area contributed by atoms with Crippen LogP contribution >= 0.6 is 15.9 Å². The van der Waals surface area contributed by atoms with Gasteiger partial charge in [0.2, 0.25) is 0 Å². The molecular formula is C12H17Br. The first-order valence-corrected chi connectivity index (χ1v) is 6.05. The van der Waals surface area contributed by atoms with Gasteiger partial charge in [0.15, 0.2) is 0 Å². The predicted octanol–water partition coefficient (Wildman–Crippen LogP) is 3.75. The van der Waals surface area contributed by atoms with Gasteiger partial charge in [-0.2, -0.15) is 0 Å². The molecule has 1 heteroatoms. The monoisotopic (exact) mass is 240 g/mol. The van der Waals surface area contributed by atoms with Crippen LogP contribution in [0, 0.1) is 23.7 Å². The average molecular weight is 241 g/mol. The highest BCUT2D eigenvalue weighted by atomic mass is 79.9. The van der Waals surface area contributed by atoms with Crippen LogP contribution in [0.25, 0.3) is 0 Å². The lowest BCUT2D eigenvalue weighted by molar-refractivity contribution is 0.828. The second-order valence-electron chi connectivity index (χ2n) is 2.85. The Labute approximate surface area is 90.6 Å². The van der Waals surface area contributed by atoms with Crippen molar-refractivity contribution in [1.82, 2.24) is 0 Å². The Balaban J connectivity index is 3.30. The molecule has 0 N–H and O–H groups in total. The van der Waals surface area contributed by atoms with Crippen molar-refractivity contribution < 1.29 is 0 Å². The lowest BCUT2D eigenvalue weighted by atomic mass is 10.2. The van der Waals surface area contributed by atoms with Crippen molar-refractivity contribution in [1.29, 1.82) is 0 Å². The summed E-state index contributed by atoms with van der Waals surface area (Å²) in [5.74, 6) is 11.8. The van der Waals surface area contributed by atoms with Crippen molar-refractivity contribution in [2.75, 3.05) is 5.33 Å². The van der Waals surface area contributed by atoms with Crippen LogP contribution in [0.2, 0.25) is 0 Å². The molecule has 0 atom stereocenters. The minimum absolute atomic E-state index is 0.980. The van der Waals surface area contributed by atoms with E-state index in [1.54, 1.807) is 0 Å². The van der Waals surface area contributed by atoms with Crippen LogP contribution in [-0.2, 0) is 0 Å². The summed E-state index contributed by atoms with van der Waals surface area (Å²) in [7, 11) is 0. The van der Waals surface area contributed by atoms with Gasteiger partial charge in [-0.25, -0.2) is 0 Å². The summed E-state index contributed by atoms with van der Waals surface area (Å²) in [6, 6.07) is 0. The molecule has 0 saturated heterocycles. The summed E-state index contributed by atoms with van der Waals surface area (Å²) in [5.41, 5.74) is 0. The molecule has 0 unspecified atom stereocenters. The zero-order valence-corrected chi connectivity index (χ0v) is 9.91. The molecule has 0 heterocycles. The number of hydrogen-bond donors (Lipinski definition) is 0. The number of hydrogen-bond acceptors (Lipinski definition) is 0. The molecule has 0 aliphatic heterocycles. The summed E-state index contributed by atoms with van der Waals surface area (Å²) >= 11 is 3.38. The molecule has 0 aromatic rings. The predicted molar refractivity (Wildman–Crippen MR) is 62.7 cm³/mol. The van der Waals surface area contributed by atoms with Crippen molar-refractivity contribution in [3.63, 3.8) is 0 Å². The maximum atomic E-state index is 3.38. The zero-order valence-electron chi connectivity index (χ0n) is 8.33. The maximum Gasteiger partial charge on any atom is 0.00992 e. The van der Waals surface area contributed by atoms with Gasteiger partial charge in [0.05, 0.1) is 0 Å². The molecule has 0 aromatic carbocycles. The second-order valence-corrected chi connectivity index (χ2v) is 3.65. The van der Waals surface area contributed by atoms with E-state index < -0.39 is 0 Å². The van der Waals surface area contributed by atoms with Crippen LogP contribution in [0.4, 0.5) is 0 Å². The van der Waals surface area contributed by atoms with Gasteiger partial charge in [0, 0.05) is 18.2 Å². The largest absolute Gasteiger partial charge is 0.0928 e. The van der Waals surface area contributed by atoms with E-state index in [4.69, 9.17) is 0 Å². The van der Waals surface area contributed by atoms with Crippen LogP contribution in [-0.4, -0.2) is 5.33 Å². The Morgan fingerprint density at radius 3 is 2.08 bits per heavy atom. The third-order valence-corrected chi connectivity index (χ3v) is 2.14. The highest BCUT2D eigenvalue weighted by Gasteiger charge is 1.80. The van der Waals surface area contributed by atoms with Gasteiger partial charge in [0.1, 0.15) is 0 Å². The molecule has 0 aliphatic carbocycles. The van der Waals surface area contributed by atoms with Gasteiger partial charge < -0.3 is 0 Å². The van der Waals surface area contributed by atoms with Crippen LogP contribution in [0.3, 0.4) is 0 Å². The fourth-order valence-corrected chi connectivity index (χ4v) is 1.18. The van der Waals surface area contributed by atoms with Gasteiger partial charge >= 0.3 is 0 Å². The highest BCUT2D eigenvalue weighted by molar-refractivity contribution is 9.09. The molecule has 0 aromatic heterocycles. The molecule has 0 fully saturated rings. The fourth-order valence-electron chi connectivity index (χ4n) is 0.786. The van der Waals surface area contributed by atoms with E-state index in [-0.39, 0.29) is 0 Å². The quantitative estimate of drug-likeness (QED) is 0.390. The van der Waals surface area contributed by atoms with Crippen LogP contribution in [0.15, 0.2) is 0 Å². The SMILES string of the molecule is CCCCC#CC#CCCCCBr. The molecule has 0 radical (unpaired) electrons. The summed E-state index contributed by atoms with van der Waals surface area (Å²) in [5, 5.41) is 1.08. The molecular weight excluding hydrogens is 224 g/mol. The van der Waals surface area contributed by atoms with E-state index in [1.165, 1.54) is 25.7 Å². The van der Waals surface area contributed by atoms with E-state index in [0.717, 1.165) is 18.2 Å². The van der Waals surface area contributed by atoms with Gasteiger partial charge in [-0.15, -0.1) is 0 Å². The van der Waals surface area contributed by atoms with Crippen molar-refractivity contribution in [2.45, 2.75) is 45.4 Å². The minimum Gasteiger partial charge on any atom is -0.0928 e. The third-order valence-electron chi connectivity index (χ3n) is 1.58. The Morgan fingerprint density at radius 2 is 1.54 bits per heavy atom. The first-order chi connectivity index (χ1) is 6.41. The van der Waals surface area contributed by atoms with E-state index in [2.05, 4.69) is 46.5 Å². The summed E-state index contributed by atoms with van der Waals surface area (Å²) in [6.07, 6.45) is 6.76. The van der Waals surface area contributed by atoms with Crippen molar-refractivity contribution >= 4 is 15.9 Å². The number of rotatable bonds is 5. The average Bonchev–Trinajstić information content (AvgIpc) is 2.16. The molecule has 0 aliphatic rings. The molecule has 0 amide bonds. The normalized spacial score (nSPS) is 8.15. The minimum atomic E-state index is 0.980. The standard InChI is InChI=1S/C12H17Br/c1-2-3-4-5-6-7-8-9-10-11-12-13/h2-4,9-12H2,1H3. The topological polar surface area (TPSA) is 0 Å². The number of unbranched alkanes of at least 4 members (excludes halogenated alkanes) is 4. The molecule has 0 bridgehead atoms. The Hall–Kier alpha value is -0.400. The lowest BCUT2D eigenvalue weighted by Crippen LogP contribution is -1.73. The number of alkyl halides is 1. The summed E-state index contributed by atoms with van der Waals surface area (Å²) in [4.78, 5) is 0. The van der Waals surface area contributed by atoms with Crippen LogP contribution in [0.5, 0.6) is 0 Å². The summed E-state index contributed by atoms with van der Waals surface area (Å²) in [6.45, 7) is 2.17. The van der Waals surface area contributed by atoms with Gasteiger partial charge in [-0.3, -0.25) is 0 Å². The Kier molecular flexibility index (Phi) is 11.2. The molecule has 0 nitrogen and oxygen atoms in total. The van der Waals surface area contributed by atoms with E-state index >= 15 is 0 Å². The van der Waals surface area contributed by atoms with Crippen LogP contribution < -0.4 is 0 Å². The third kappa shape index (κ3) is 11.6. The van der Waals surface area contributed by atoms with Gasteiger partial charge in [-0.1, -0.05) is 41.1 Å². The smallest absolute Gasteiger partial charge is 0.00992 e. The molecule has 13 heavy (non-hydrogen) atoms. The Morgan fingerprint density at radius 1 is 0.923 bits per heavy atom. The van der Waals surface area contributed by atoms with E-state index in [1.807, 2.05) is 0 Å². The number of halogens is 1. The second kappa shape index (κ2) is 11.6. The van der Waals surface area contributed by atoms with Crippen molar-refractivity contribution in [3.05, 3.63) is 0 Å². The van der Waals surface area contributed by atoms with Crippen molar-refractivity contribution in [3.8, 4) is 23.7 Å². The van der Waals surface area contributed by atoms with Gasteiger partial charge in [-0.05, 0) is 31.1 Å². The van der Waals surface area contributed by atoms with E-state index in [9.17, 15) is 0 Å². The van der Waals surface area contributed by atoms with E-state index in [0.29, 0.717) is 0 Å². The molecule has 0 rings (SSSR count). The highest BCUT2D eigenvalue weighted by Crippen LogP contribution is 1.96. The first-order valence-electron chi connectivity index (χ1n) is 4.93. The molecule has 72 valence electrons. The molecule has 0 saturated carbocycles. The zero-order chi connectivity index (χ0) is 9.78. The van der Waals surface area contributed by atoms with Crippen molar-refractivity contribution in [2.24, 2.45) is 0 Å². The molecule has 0 spiro atoms. The van der Waals surface area contributed by atoms with Crippen LogP contribution in [0.1, 0.15) is 45.4 Å². The lowest BCUT2D eigenvalue weighted by Gasteiger charge is -1.85. The summed E-state index contributed by atoms with van der Waals surface area (Å²) < 4.78 is 0. The fraction of sp³-hybridized carbons (Fsp3) is 0.667. The van der Waals surface area contributed by atoms with Gasteiger partial charge in [0.25, 0.3) is 0 Å². The maximum absolute atomic E-state index is 3.38. The first kappa shape index (κ1) is 12.6.